The molecule has 1 saturated heterocycles. The van der Waals surface area contributed by atoms with Gasteiger partial charge in [0.1, 0.15) is 0 Å². The molecule has 0 radical (unpaired) electrons. The molecule has 0 unspecified atom stereocenters. The van der Waals surface area contributed by atoms with Crippen LogP contribution < -0.4 is 0 Å². The van der Waals surface area contributed by atoms with E-state index in [1.807, 2.05) is 0 Å². The molecule has 0 atom stereocenters. The molecule has 0 spiro atoms. The summed E-state index contributed by atoms with van der Waals surface area (Å²) in [5.41, 5.74) is 0.339. The highest BCUT2D eigenvalue weighted by atomic mass is 16.2. The summed E-state index contributed by atoms with van der Waals surface area (Å²) in [4.78, 5) is 13.9. The average Bonchev–Trinajstić information content (AvgIpc) is 3.02. The lowest BCUT2D eigenvalue weighted by Crippen LogP contribution is -2.50. The minimum Gasteiger partial charge on any atom is -0.337 e. The highest BCUT2D eigenvalue weighted by Gasteiger charge is 2.59. The summed E-state index contributed by atoms with van der Waals surface area (Å²) in [5, 5.41) is 0. The Bertz CT molecular complexity index is 253. The number of hydrogen-bond acceptors (Lipinski definition) is 1. The first kappa shape index (κ1) is 8.75. The molecule has 2 nitrogen and oxygen atoms in total. The Kier molecular flexibility index (Phi) is 1.71. The van der Waals surface area contributed by atoms with Gasteiger partial charge in [-0.1, -0.05) is 0 Å². The number of amides is 1. The Labute approximate surface area is 85.7 Å². The minimum atomic E-state index is 0.321. The van der Waals surface area contributed by atoms with Crippen molar-refractivity contribution in [2.24, 2.45) is 11.8 Å². The van der Waals surface area contributed by atoms with E-state index >= 15 is 0 Å². The van der Waals surface area contributed by atoms with E-state index in [9.17, 15) is 4.79 Å². The van der Waals surface area contributed by atoms with Crippen molar-refractivity contribution in [2.75, 3.05) is 6.54 Å². The summed E-state index contributed by atoms with van der Waals surface area (Å²) in [7, 11) is 0. The van der Waals surface area contributed by atoms with Crippen molar-refractivity contribution < 1.29 is 4.79 Å². The van der Waals surface area contributed by atoms with Crippen LogP contribution in [0.4, 0.5) is 0 Å². The quantitative estimate of drug-likeness (QED) is 0.658. The van der Waals surface area contributed by atoms with Crippen LogP contribution in [0, 0.1) is 11.8 Å². The fourth-order valence-corrected chi connectivity index (χ4v) is 3.66. The first-order valence-electron chi connectivity index (χ1n) is 6.03. The third kappa shape index (κ3) is 1.06. The molecule has 0 aromatic heterocycles. The van der Waals surface area contributed by atoms with Crippen LogP contribution in [0.1, 0.15) is 45.4 Å². The van der Waals surface area contributed by atoms with E-state index in [2.05, 4.69) is 4.90 Å². The summed E-state index contributed by atoms with van der Waals surface area (Å²) in [6, 6.07) is 0. The number of likely N-dealkylation sites (tertiary alicyclic amines) is 1. The number of carbonyl (C=O) groups is 1. The molecule has 2 saturated carbocycles. The highest BCUT2D eigenvalue weighted by Crippen LogP contribution is 2.59. The van der Waals surface area contributed by atoms with Gasteiger partial charge in [-0.2, -0.15) is 0 Å². The normalized spacial score (nSPS) is 30.8. The standard InChI is InChI=1S/C12H19NO/c1-9(14)13-8-2-7-12(13,10-3-4-10)11-5-6-11/h10-11H,2-8H2,1H3. The molecule has 2 aliphatic carbocycles. The second kappa shape index (κ2) is 2.74. The Morgan fingerprint density at radius 2 is 1.79 bits per heavy atom. The lowest BCUT2D eigenvalue weighted by atomic mass is 9.84. The molecule has 1 aliphatic heterocycles. The van der Waals surface area contributed by atoms with Gasteiger partial charge in [0.05, 0.1) is 0 Å². The summed E-state index contributed by atoms with van der Waals surface area (Å²) in [6.07, 6.45) is 8.04. The lowest BCUT2D eigenvalue weighted by Gasteiger charge is -2.39. The molecule has 1 amide bonds. The zero-order valence-corrected chi connectivity index (χ0v) is 8.96. The molecule has 3 aliphatic rings. The van der Waals surface area contributed by atoms with Gasteiger partial charge in [0, 0.05) is 19.0 Å². The molecular formula is C12H19NO. The maximum atomic E-state index is 11.7. The van der Waals surface area contributed by atoms with Crippen LogP contribution in [0.2, 0.25) is 0 Å². The van der Waals surface area contributed by atoms with Crippen LogP contribution in [-0.2, 0) is 4.79 Å². The maximum Gasteiger partial charge on any atom is 0.219 e. The van der Waals surface area contributed by atoms with E-state index in [0.29, 0.717) is 11.4 Å². The fourth-order valence-electron chi connectivity index (χ4n) is 3.66. The van der Waals surface area contributed by atoms with Crippen LogP contribution in [-0.4, -0.2) is 22.9 Å². The first-order chi connectivity index (χ1) is 6.75. The van der Waals surface area contributed by atoms with Crippen LogP contribution in [0.25, 0.3) is 0 Å². The van der Waals surface area contributed by atoms with Gasteiger partial charge in [-0.15, -0.1) is 0 Å². The second-order valence-electron chi connectivity index (χ2n) is 5.31. The Morgan fingerprint density at radius 3 is 2.21 bits per heavy atom. The molecule has 14 heavy (non-hydrogen) atoms. The Morgan fingerprint density at radius 1 is 1.21 bits per heavy atom. The van der Waals surface area contributed by atoms with E-state index in [1.165, 1.54) is 38.5 Å². The van der Waals surface area contributed by atoms with Gasteiger partial charge < -0.3 is 4.90 Å². The van der Waals surface area contributed by atoms with Gasteiger partial charge in [0.2, 0.25) is 5.91 Å². The SMILES string of the molecule is CC(=O)N1CCCC1(C1CC1)C1CC1. The third-order valence-corrected chi connectivity index (χ3v) is 4.41. The maximum absolute atomic E-state index is 11.7. The Hall–Kier alpha value is -0.530. The first-order valence-corrected chi connectivity index (χ1v) is 6.03. The predicted octanol–water partition coefficient (Wildman–Crippen LogP) is 2.19. The zero-order chi connectivity index (χ0) is 9.76. The number of nitrogens with zero attached hydrogens (tertiary/aromatic N) is 1. The Balaban J connectivity index is 1.92. The summed E-state index contributed by atoms with van der Waals surface area (Å²) in [6.45, 7) is 2.78. The second-order valence-corrected chi connectivity index (χ2v) is 5.31. The molecule has 3 rings (SSSR count). The minimum absolute atomic E-state index is 0.321. The van der Waals surface area contributed by atoms with Crippen molar-refractivity contribution in [1.82, 2.24) is 4.90 Å². The molecule has 3 fully saturated rings. The smallest absolute Gasteiger partial charge is 0.219 e. The lowest BCUT2D eigenvalue weighted by molar-refractivity contribution is -0.134. The molecular weight excluding hydrogens is 174 g/mol. The third-order valence-electron chi connectivity index (χ3n) is 4.41. The summed E-state index contributed by atoms with van der Waals surface area (Å²) >= 11 is 0. The van der Waals surface area contributed by atoms with Crippen molar-refractivity contribution >= 4 is 5.91 Å². The molecule has 0 aromatic carbocycles. The van der Waals surface area contributed by atoms with E-state index in [1.54, 1.807) is 6.92 Å². The van der Waals surface area contributed by atoms with E-state index in [-0.39, 0.29) is 0 Å². The molecule has 0 N–H and O–H groups in total. The van der Waals surface area contributed by atoms with Crippen molar-refractivity contribution in [1.29, 1.82) is 0 Å². The van der Waals surface area contributed by atoms with Gasteiger partial charge in [0.25, 0.3) is 0 Å². The predicted molar refractivity (Wildman–Crippen MR) is 54.8 cm³/mol. The number of hydrogen-bond donors (Lipinski definition) is 0. The number of carbonyl (C=O) groups excluding carboxylic acids is 1. The highest BCUT2D eigenvalue weighted by molar-refractivity contribution is 5.75. The van der Waals surface area contributed by atoms with Gasteiger partial charge in [-0.25, -0.2) is 0 Å². The molecule has 0 bridgehead atoms. The topological polar surface area (TPSA) is 20.3 Å². The van der Waals surface area contributed by atoms with Crippen molar-refractivity contribution in [2.45, 2.75) is 51.0 Å². The van der Waals surface area contributed by atoms with Gasteiger partial charge in [0.15, 0.2) is 0 Å². The summed E-state index contributed by atoms with van der Waals surface area (Å²) in [5.74, 6) is 2.05. The molecule has 78 valence electrons. The molecule has 2 heteroatoms. The fraction of sp³-hybridized carbons (Fsp3) is 0.917. The van der Waals surface area contributed by atoms with E-state index in [0.717, 1.165) is 18.4 Å². The molecule has 1 heterocycles. The van der Waals surface area contributed by atoms with E-state index in [4.69, 9.17) is 0 Å². The van der Waals surface area contributed by atoms with Crippen LogP contribution >= 0.6 is 0 Å². The van der Waals surface area contributed by atoms with E-state index < -0.39 is 0 Å². The van der Waals surface area contributed by atoms with Crippen molar-refractivity contribution in [3.8, 4) is 0 Å². The zero-order valence-electron chi connectivity index (χ0n) is 8.96. The van der Waals surface area contributed by atoms with Crippen LogP contribution in [0.15, 0.2) is 0 Å². The van der Waals surface area contributed by atoms with Gasteiger partial charge >= 0.3 is 0 Å². The average molecular weight is 193 g/mol. The summed E-state index contributed by atoms with van der Waals surface area (Å²) < 4.78 is 0. The number of rotatable bonds is 2. The molecule has 0 aromatic rings. The van der Waals surface area contributed by atoms with Crippen molar-refractivity contribution in [3.05, 3.63) is 0 Å². The van der Waals surface area contributed by atoms with Crippen LogP contribution in [0.5, 0.6) is 0 Å². The monoisotopic (exact) mass is 193 g/mol. The van der Waals surface area contributed by atoms with Crippen LogP contribution in [0.3, 0.4) is 0 Å². The van der Waals surface area contributed by atoms with Gasteiger partial charge in [-0.3, -0.25) is 4.79 Å². The largest absolute Gasteiger partial charge is 0.337 e. The van der Waals surface area contributed by atoms with Crippen molar-refractivity contribution in [3.63, 3.8) is 0 Å². The van der Waals surface area contributed by atoms with Gasteiger partial charge in [-0.05, 0) is 50.4 Å².